The van der Waals surface area contributed by atoms with Crippen molar-refractivity contribution in [3.8, 4) is 11.4 Å². The van der Waals surface area contributed by atoms with Gasteiger partial charge in [0.05, 0.1) is 10.2 Å². The van der Waals surface area contributed by atoms with Gasteiger partial charge in [0.25, 0.3) is 0 Å². The average Bonchev–Trinajstić information content (AvgIpc) is 2.63. The molecule has 5 heteroatoms. The normalized spacial score (nSPS) is 10.6. The second kappa shape index (κ2) is 2.92. The molecule has 0 spiro atoms. The Balaban J connectivity index is 2.64. The maximum Gasteiger partial charge on any atom is 0.160 e. The number of nitrogens with zero attached hydrogens (tertiary/aromatic N) is 2. The van der Waals surface area contributed by atoms with Gasteiger partial charge in [-0.2, -0.15) is 5.10 Å². The van der Waals surface area contributed by atoms with Crippen molar-refractivity contribution >= 4 is 21.7 Å². The molecule has 3 N–H and O–H groups in total. The highest BCUT2D eigenvalue weighted by Crippen LogP contribution is 2.30. The molecule has 2 aromatic heterocycles. The van der Waals surface area contributed by atoms with Gasteiger partial charge in [0.15, 0.2) is 5.82 Å². The first-order valence-corrected chi connectivity index (χ1v) is 4.61. The number of rotatable bonds is 1. The third-order valence-electron chi connectivity index (χ3n) is 1.87. The third-order valence-corrected chi connectivity index (χ3v) is 2.65. The van der Waals surface area contributed by atoms with E-state index < -0.39 is 0 Å². The SMILES string of the molecule is Cn1nc(N)c(Br)c1-c1ccc[nH]1. The van der Waals surface area contributed by atoms with Gasteiger partial charge < -0.3 is 10.7 Å². The summed E-state index contributed by atoms with van der Waals surface area (Å²) in [6.45, 7) is 0. The second-order valence-electron chi connectivity index (χ2n) is 2.76. The zero-order valence-electron chi connectivity index (χ0n) is 7.08. The zero-order valence-corrected chi connectivity index (χ0v) is 8.67. The number of aryl methyl sites for hydroxylation is 1. The number of H-pyrrole nitrogens is 1. The van der Waals surface area contributed by atoms with Gasteiger partial charge in [0.1, 0.15) is 5.69 Å². The van der Waals surface area contributed by atoms with E-state index in [-0.39, 0.29) is 0 Å². The van der Waals surface area contributed by atoms with Gasteiger partial charge in [0.2, 0.25) is 0 Å². The molecule has 13 heavy (non-hydrogen) atoms. The van der Waals surface area contributed by atoms with Gasteiger partial charge in [-0.15, -0.1) is 0 Å². The molecule has 2 heterocycles. The summed E-state index contributed by atoms with van der Waals surface area (Å²) in [6.07, 6.45) is 1.87. The maximum atomic E-state index is 5.65. The number of nitrogens with two attached hydrogens (primary N) is 1. The summed E-state index contributed by atoms with van der Waals surface area (Å²) in [7, 11) is 1.86. The van der Waals surface area contributed by atoms with Crippen molar-refractivity contribution in [1.82, 2.24) is 14.8 Å². The first kappa shape index (κ1) is 8.37. The second-order valence-corrected chi connectivity index (χ2v) is 3.55. The van der Waals surface area contributed by atoms with Crippen LogP contribution in [0.1, 0.15) is 0 Å². The minimum Gasteiger partial charge on any atom is -0.381 e. The van der Waals surface area contributed by atoms with E-state index in [4.69, 9.17) is 5.73 Å². The van der Waals surface area contributed by atoms with Crippen LogP contribution in [0.3, 0.4) is 0 Å². The van der Waals surface area contributed by atoms with E-state index in [1.807, 2.05) is 25.4 Å². The van der Waals surface area contributed by atoms with E-state index >= 15 is 0 Å². The lowest BCUT2D eigenvalue weighted by molar-refractivity contribution is 0.778. The van der Waals surface area contributed by atoms with Crippen LogP contribution in [0, 0.1) is 0 Å². The standard InChI is InChI=1S/C8H9BrN4/c1-13-7(5-3-2-4-11-5)6(9)8(10)12-13/h2-4,11H,1H3,(H2,10,12). The summed E-state index contributed by atoms with van der Waals surface area (Å²) in [6, 6.07) is 3.91. The lowest BCUT2D eigenvalue weighted by atomic mass is 10.3. The molecular weight excluding hydrogens is 232 g/mol. The summed E-state index contributed by atoms with van der Waals surface area (Å²) < 4.78 is 2.57. The van der Waals surface area contributed by atoms with Crippen molar-refractivity contribution in [3.63, 3.8) is 0 Å². The van der Waals surface area contributed by atoms with Crippen molar-refractivity contribution in [2.75, 3.05) is 5.73 Å². The van der Waals surface area contributed by atoms with E-state index in [0.717, 1.165) is 15.9 Å². The van der Waals surface area contributed by atoms with E-state index in [9.17, 15) is 0 Å². The van der Waals surface area contributed by atoms with Crippen molar-refractivity contribution < 1.29 is 0 Å². The third kappa shape index (κ3) is 1.25. The predicted octanol–water partition coefficient (Wildman–Crippen LogP) is 1.76. The molecule has 0 aliphatic rings. The van der Waals surface area contributed by atoms with Crippen molar-refractivity contribution in [3.05, 3.63) is 22.8 Å². The smallest absolute Gasteiger partial charge is 0.160 e. The Labute approximate surface area is 83.9 Å². The molecule has 4 nitrogen and oxygen atoms in total. The van der Waals surface area contributed by atoms with Crippen LogP contribution >= 0.6 is 15.9 Å². The molecule has 0 saturated heterocycles. The molecule has 0 atom stereocenters. The summed E-state index contributed by atoms with van der Waals surface area (Å²) in [4.78, 5) is 3.10. The van der Waals surface area contributed by atoms with Gasteiger partial charge >= 0.3 is 0 Å². The fourth-order valence-corrected chi connectivity index (χ4v) is 1.84. The van der Waals surface area contributed by atoms with Crippen molar-refractivity contribution in [2.24, 2.45) is 7.05 Å². The molecule has 0 unspecified atom stereocenters. The Morgan fingerprint density at radius 2 is 2.38 bits per heavy atom. The number of nitrogens with one attached hydrogen (secondary N) is 1. The average molecular weight is 241 g/mol. The Bertz CT molecular complexity index is 416. The minimum absolute atomic E-state index is 0.507. The summed E-state index contributed by atoms with van der Waals surface area (Å²) in [5.41, 5.74) is 7.61. The van der Waals surface area contributed by atoms with Crippen LogP contribution in [0.25, 0.3) is 11.4 Å². The minimum atomic E-state index is 0.507. The van der Waals surface area contributed by atoms with Gasteiger partial charge in [0, 0.05) is 13.2 Å². The summed E-state index contributed by atoms with van der Waals surface area (Å²) in [5, 5.41) is 4.09. The molecule has 0 amide bonds. The first-order chi connectivity index (χ1) is 6.20. The quantitative estimate of drug-likeness (QED) is 0.799. The highest BCUT2D eigenvalue weighted by molar-refractivity contribution is 9.10. The summed E-state index contributed by atoms with van der Waals surface area (Å²) in [5.74, 6) is 0.507. The van der Waals surface area contributed by atoms with Crippen LogP contribution in [0.15, 0.2) is 22.8 Å². The van der Waals surface area contributed by atoms with Crippen LogP contribution in [0.4, 0.5) is 5.82 Å². The van der Waals surface area contributed by atoms with Gasteiger partial charge in [-0.25, -0.2) is 0 Å². The van der Waals surface area contributed by atoms with Crippen molar-refractivity contribution in [2.45, 2.75) is 0 Å². The zero-order chi connectivity index (χ0) is 9.42. The highest BCUT2D eigenvalue weighted by atomic mass is 79.9. The number of aromatic nitrogens is 3. The first-order valence-electron chi connectivity index (χ1n) is 3.82. The number of aromatic amines is 1. The molecule has 0 bridgehead atoms. The van der Waals surface area contributed by atoms with Crippen LogP contribution in [-0.2, 0) is 7.05 Å². The van der Waals surface area contributed by atoms with Gasteiger partial charge in [-0.1, -0.05) is 0 Å². The molecule has 0 saturated carbocycles. The fraction of sp³-hybridized carbons (Fsp3) is 0.125. The number of hydrogen-bond donors (Lipinski definition) is 2. The van der Waals surface area contributed by atoms with Gasteiger partial charge in [-0.3, -0.25) is 4.68 Å². The van der Waals surface area contributed by atoms with Gasteiger partial charge in [-0.05, 0) is 28.1 Å². The number of nitrogen functional groups attached to an aromatic ring is 1. The molecule has 2 aromatic rings. The van der Waals surface area contributed by atoms with E-state index in [0.29, 0.717) is 5.82 Å². The Hall–Kier alpha value is -1.23. The lowest BCUT2D eigenvalue weighted by Gasteiger charge is -1.98. The Morgan fingerprint density at radius 3 is 2.85 bits per heavy atom. The molecule has 0 aliphatic heterocycles. The van der Waals surface area contributed by atoms with E-state index in [1.54, 1.807) is 4.68 Å². The number of halogens is 1. The molecule has 2 rings (SSSR count). The maximum absolute atomic E-state index is 5.65. The van der Waals surface area contributed by atoms with Crippen LogP contribution in [0.2, 0.25) is 0 Å². The van der Waals surface area contributed by atoms with Crippen LogP contribution in [-0.4, -0.2) is 14.8 Å². The Morgan fingerprint density at radius 1 is 1.62 bits per heavy atom. The highest BCUT2D eigenvalue weighted by Gasteiger charge is 2.13. The lowest BCUT2D eigenvalue weighted by Crippen LogP contribution is -1.94. The fourth-order valence-electron chi connectivity index (χ4n) is 1.29. The Kier molecular flexibility index (Phi) is 1.88. The monoisotopic (exact) mass is 240 g/mol. The van der Waals surface area contributed by atoms with Crippen LogP contribution in [0.5, 0.6) is 0 Å². The molecule has 68 valence electrons. The molecule has 0 fully saturated rings. The number of anilines is 1. The van der Waals surface area contributed by atoms with E-state index in [2.05, 4.69) is 26.0 Å². The topological polar surface area (TPSA) is 59.6 Å². The summed E-state index contributed by atoms with van der Waals surface area (Å²) >= 11 is 3.39. The largest absolute Gasteiger partial charge is 0.381 e. The molecule has 0 aromatic carbocycles. The molecule has 0 aliphatic carbocycles. The predicted molar refractivity (Wildman–Crippen MR) is 55.1 cm³/mol. The van der Waals surface area contributed by atoms with Crippen molar-refractivity contribution in [1.29, 1.82) is 0 Å². The molecule has 0 radical (unpaired) electrons. The molecular formula is C8H9BrN4. The van der Waals surface area contributed by atoms with Crippen LogP contribution < -0.4 is 5.73 Å². The number of hydrogen-bond acceptors (Lipinski definition) is 2. The van der Waals surface area contributed by atoms with E-state index in [1.165, 1.54) is 0 Å².